The van der Waals surface area contributed by atoms with Crippen LogP contribution in [0.3, 0.4) is 0 Å². The van der Waals surface area contributed by atoms with Crippen LogP contribution in [-0.2, 0) is 48.4 Å². The molecule has 0 spiro atoms. The monoisotopic (exact) mass is 638 g/mol. The molecule has 48 heavy (non-hydrogen) atoms. The minimum Gasteiger partial charge on any atom is -0.457 e. The minimum absolute atomic E-state index is 0.129. The van der Waals surface area contributed by atoms with E-state index in [0.717, 1.165) is 81.7 Å². The topological polar surface area (TPSA) is 71.1 Å². The van der Waals surface area contributed by atoms with Crippen molar-refractivity contribution < 1.29 is 28.5 Å². The lowest BCUT2D eigenvalue weighted by molar-refractivity contribution is 0.0457. The fraction of sp³-hybridized carbons (Fsp3) is 0.238. The van der Waals surface area contributed by atoms with E-state index >= 15 is 0 Å². The summed E-state index contributed by atoms with van der Waals surface area (Å²) in [5.74, 6) is 2.35. The standard InChI is InChI=1S/C42H38O6/c1-3-9-29-19-21-37-33(23-31-11-5-7-13-35(31)47-37)39(29)41(43)45-25-27-15-17-28(18-16-27)26-46-42(44)40-30(10-4-2)20-22-38-34(40)24-32-12-6-8-14-36(32)48-38/h5-8,11-22H,3-4,9-10,23-26H2,1-2H3. The maximum absolute atomic E-state index is 13.6. The molecular weight excluding hydrogens is 600 g/mol. The molecule has 7 rings (SSSR count). The lowest BCUT2D eigenvalue weighted by Gasteiger charge is -2.24. The molecule has 0 N–H and O–H groups in total. The molecule has 6 heteroatoms. The van der Waals surface area contributed by atoms with E-state index in [2.05, 4.69) is 13.8 Å². The van der Waals surface area contributed by atoms with Crippen LogP contribution in [0.25, 0.3) is 0 Å². The van der Waals surface area contributed by atoms with Crippen molar-refractivity contribution in [1.82, 2.24) is 0 Å². The highest BCUT2D eigenvalue weighted by Gasteiger charge is 2.28. The van der Waals surface area contributed by atoms with Crippen LogP contribution in [0, 0.1) is 0 Å². The van der Waals surface area contributed by atoms with E-state index in [4.69, 9.17) is 18.9 Å². The van der Waals surface area contributed by atoms with Gasteiger partial charge in [-0.3, -0.25) is 0 Å². The molecule has 2 aliphatic heterocycles. The second-order valence-electron chi connectivity index (χ2n) is 12.4. The Morgan fingerprint density at radius 2 is 0.958 bits per heavy atom. The van der Waals surface area contributed by atoms with E-state index in [1.165, 1.54) is 0 Å². The van der Waals surface area contributed by atoms with Crippen molar-refractivity contribution in [3.05, 3.63) is 153 Å². The number of esters is 2. The Morgan fingerprint density at radius 3 is 1.38 bits per heavy atom. The molecule has 0 fully saturated rings. The maximum atomic E-state index is 13.6. The molecule has 0 amide bonds. The van der Waals surface area contributed by atoms with E-state index in [0.29, 0.717) is 35.5 Å². The molecule has 0 unspecified atom stereocenters. The van der Waals surface area contributed by atoms with Crippen molar-refractivity contribution in [2.45, 2.75) is 65.6 Å². The summed E-state index contributed by atoms with van der Waals surface area (Å²) in [5, 5.41) is 0. The number of rotatable bonds is 10. The Hall–Kier alpha value is -5.36. The van der Waals surface area contributed by atoms with Crippen molar-refractivity contribution in [2.24, 2.45) is 0 Å². The maximum Gasteiger partial charge on any atom is 0.339 e. The van der Waals surface area contributed by atoms with Crippen LogP contribution >= 0.6 is 0 Å². The van der Waals surface area contributed by atoms with Crippen molar-refractivity contribution in [1.29, 1.82) is 0 Å². The number of benzene rings is 5. The van der Waals surface area contributed by atoms with Gasteiger partial charge in [0.2, 0.25) is 0 Å². The van der Waals surface area contributed by atoms with Crippen molar-refractivity contribution >= 4 is 11.9 Å². The molecule has 5 aromatic carbocycles. The number of aryl methyl sites for hydroxylation is 2. The second kappa shape index (κ2) is 13.8. The molecule has 0 aromatic heterocycles. The van der Waals surface area contributed by atoms with Gasteiger partial charge in [0.25, 0.3) is 0 Å². The third-order valence-corrected chi connectivity index (χ3v) is 9.04. The fourth-order valence-corrected chi connectivity index (χ4v) is 6.65. The quantitative estimate of drug-likeness (QED) is 0.139. The average Bonchev–Trinajstić information content (AvgIpc) is 3.11. The van der Waals surface area contributed by atoms with Gasteiger partial charge >= 0.3 is 11.9 Å². The van der Waals surface area contributed by atoms with Crippen LogP contribution in [0.1, 0.15) is 91.9 Å². The number of fused-ring (bicyclic) bond motifs is 4. The summed E-state index contributed by atoms with van der Waals surface area (Å²) >= 11 is 0. The minimum atomic E-state index is -0.350. The summed E-state index contributed by atoms with van der Waals surface area (Å²) in [5.41, 5.74) is 8.70. The van der Waals surface area contributed by atoms with Crippen molar-refractivity contribution in [2.75, 3.05) is 0 Å². The van der Waals surface area contributed by atoms with Crippen LogP contribution in [0.2, 0.25) is 0 Å². The number of carbonyl (C=O) groups is 2. The molecule has 0 saturated carbocycles. The van der Waals surface area contributed by atoms with Crippen LogP contribution in [0.5, 0.6) is 23.0 Å². The summed E-state index contributed by atoms with van der Waals surface area (Å²) < 4.78 is 24.1. The zero-order valence-electron chi connectivity index (χ0n) is 27.3. The van der Waals surface area contributed by atoms with Gasteiger partial charge in [-0.25, -0.2) is 9.59 Å². The summed E-state index contributed by atoms with van der Waals surface area (Å²) in [7, 11) is 0. The Labute approximate surface area is 281 Å². The van der Waals surface area contributed by atoms with Crippen molar-refractivity contribution in [3.8, 4) is 23.0 Å². The smallest absolute Gasteiger partial charge is 0.339 e. The van der Waals surface area contributed by atoms with Crippen LogP contribution in [-0.4, -0.2) is 11.9 Å². The SMILES string of the molecule is CCCc1ccc2c(c1C(=O)OCc1ccc(COC(=O)c3c(CCC)ccc4c3Cc3ccccc3O4)cc1)Cc1ccccc1O2. The van der Waals surface area contributed by atoms with E-state index in [9.17, 15) is 9.59 Å². The van der Waals surface area contributed by atoms with Gasteiger partial charge in [0, 0.05) is 24.0 Å². The van der Waals surface area contributed by atoms with Gasteiger partial charge in [0.15, 0.2) is 0 Å². The first-order chi connectivity index (χ1) is 23.5. The molecule has 5 aromatic rings. The lowest BCUT2D eigenvalue weighted by atomic mass is 9.91. The highest BCUT2D eigenvalue weighted by atomic mass is 16.5. The van der Waals surface area contributed by atoms with Gasteiger partial charge in [-0.05, 0) is 70.5 Å². The molecule has 0 radical (unpaired) electrons. The molecule has 0 aliphatic carbocycles. The van der Waals surface area contributed by atoms with Crippen LogP contribution < -0.4 is 9.47 Å². The van der Waals surface area contributed by atoms with E-state index in [1.807, 2.05) is 97.1 Å². The zero-order chi connectivity index (χ0) is 33.0. The summed E-state index contributed by atoms with van der Waals surface area (Å²) in [6.07, 6.45) is 4.62. The van der Waals surface area contributed by atoms with Gasteiger partial charge in [0.1, 0.15) is 36.2 Å². The van der Waals surface area contributed by atoms with Gasteiger partial charge in [0.05, 0.1) is 11.1 Å². The second-order valence-corrected chi connectivity index (χ2v) is 12.4. The fourth-order valence-electron chi connectivity index (χ4n) is 6.65. The molecule has 2 heterocycles. The first kappa shape index (κ1) is 31.3. The van der Waals surface area contributed by atoms with Gasteiger partial charge in [-0.1, -0.05) is 99.5 Å². The summed E-state index contributed by atoms with van der Waals surface area (Å²) in [6.45, 7) is 4.46. The lowest BCUT2D eigenvalue weighted by Crippen LogP contribution is -2.16. The van der Waals surface area contributed by atoms with E-state index in [1.54, 1.807) is 0 Å². The highest BCUT2D eigenvalue weighted by Crippen LogP contribution is 2.41. The molecule has 2 aliphatic rings. The van der Waals surface area contributed by atoms with Crippen molar-refractivity contribution in [3.63, 3.8) is 0 Å². The normalized spacial score (nSPS) is 12.4. The number of ether oxygens (including phenoxy) is 4. The van der Waals surface area contributed by atoms with Gasteiger partial charge in [-0.2, -0.15) is 0 Å². The average molecular weight is 639 g/mol. The Kier molecular flexibility index (Phi) is 8.97. The number of hydrogen-bond acceptors (Lipinski definition) is 6. The summed E-state index contributed by atoms with van der Waals surface area (Å²) in [6, 6.07) is 31.3. The van der Waals surface area contributed by atoms with Crippen LogP contribution in [0.15, 0.2) is 97.1 Å². The predicted molar refractivity (Wildman–Crippen MR) is 184 cm³/mol. The molecule has 0 atom stereocenters. The molecule has 0 bridgehead atoms. The first-order valence-corrected chi connectivity index (χ1v) is 16.8. The molecule has 242 valence electrons. The third kappa shape index (κ3) is 6.30. The van der Waals surface area contributed by atoms with Gasteiger partial charge < -0.3 is 18.9 Å². The Morgan fingerprint density at radius 1 is 0.542 bits per heavy atom. The van der Waals surface area contributed by atoms with Crippen LogP contribution in [0.4, 0.5) is 0 Å². The van der Waals surface area contributed by atoms with E-state index in [-0.39, 0.29) is 25.2 Å². The van der Waals surface area contributed by atoms with E-state index < -0.39 is 0 Å². The Bertz CT molecular complexity index is 1850. The largest absolute Gasteiger partial charge is 0.457 e. The van der Waals surface area contributed by atoms with Gasteiger partial charge in [-0.15, -0.1) is 0 Å². The zero-order valence-corrected chi connectivity index (χ0v) is 27.3. The number of hydrogen-bond donors (Lipinski definition) is 0. The third-order valence-electron chi connectivity index (χ3n) is 9.04. The first-order valence-electron chi connectivity index (χ1n) is 16.8. The number of carbonyl (C=O) groups excluding carboxylic acids is 2. The predicted octanol–water partition coefficient (Wildman–Crippen LogP) is 9.70. The highest BCUT2D eigenvalue weighted by molar-refractivity contribution is 5.95. The number of para-hydroxylation sites is 2. The molecule has 6 nitrogen and oxygen atoms in total. The Balaban J connectivity index is 1.02. The molecule has 0 saturated heterocycles. The molecular formula is C42H38O6. The summed E-state index contributed by atoms with van der Waals surface area (Å²) in [4.78, 5) is 27.2.